The van der Waals surface area contributed by atoms with E-state index >= 15 is 0 Å². The molecule has 0 saturated carbocycles. The lowest BCUT2D eigenvalue weighted by molar-refractivity contribution is 0.189. The first-order chi connectivity index (χ1) is 7.05. The Morgan fingerprint density at radius 3 is 2.87 bits per heavy atom. The van der Waals surface area contributed by atoms with Gasteiger partial charge in [-0.25, -0.2) is 17.9 Å². The molecule has 2 N–H and O–H groups in total. The van der Waals surface area contributed by atoms with Crippen molar-refractivity contribution in [1.82, 2.24) is 14.9 Å². The summed E-state index contributed by atoms with van der Waals surface area (Å²) in [6.07, 6.45) is 0.868. The van der Waals surface area contributed by atoms with Gasteiger partial charge in [-0.15, -0.1) is 0 Å². The summed E-state index contributed by atoms with van der Waals surface area (Å²) in [5.74, 6) is -0.0335. The topological polar surface area (TPSA) is 78.5 Å². The maximum absolute atomic E-state index is 11.3. The summed E-state index contributed by atoms with van der Waals surface area (Å²) in [7, 11) is -3.23. The monoisotopic (exact) mass is 235 g/mol. The summed E-state index contributed by atoms with van der Waals surface area (Å²) in [6.45, 7) is 3.67. The van der Waals surface area contributed by atoms with E-state index in [4.69, 9.17) is 0 Å². The fraction of sp³-hybridized carbons (Fsp3) is 0.875. The SMILES string of the molecule is CCNS(=O)(=O)CCN1CCCNC1=O. The van der Waals surface area contributed by atoms with Crippen LogP contribution in [0.5, 0.6) is 0 Å². The Labute approximate surface area is 90.1 Å². The predicted molar refractivity (Wildman–Crippen MR) is 57.1 cm³/mol. The normalized spacial score (nSPS) is 17.7. The Bertz CT molecular complexity index is 315. The summed E-state index contributed by atoms with van der Waals surface area (Å²) in [5.41, 5.74) is 0. The number of hydrogen-bond donors (Lipinski definition) is 2. The van der Waals surface area contributed by atoms with E-state index in [1.54, 1.807) is 6.92 Å². The van der Waals surface area contributed by atoms with Gasteiger partial charge in [-0.05, 0) is 6.42 Å². The van der Waals surface area contributed by atoms with Crippen molar-refractivity contribution >= 4 is 16.1 Å². The van der Waals surface area contributed by atoms with E-state index in [-0.39, 0.29) is 18.3 Å². The van der Waals surface area contributed by atoms with E-state index < -0.39 is 10.0 Å². The molecule has 1 aliphatic heterocycles. The smallest absolute Gasteiger partial charge is 0.317 e. The number of hydrogen-bond acceptors (Lipinski definition) is 3. The molecule has 7 heteroatoms. The molecule has 0 aliphatic carbocycles. The minimum absolute atomic E-state index is 0.0335. The molecule has 6 nitrogen and oxygen atoms in total. The standard InChI is InChI=1S/C8H17N3O3S/c1-2-10-15(13,14)7-6-11-5-3-4-9-8(11)12/h10H,2-7H2,1H3,(H,9,12). The second kappa shape index (κ2) is 5.32. The molecule has 0 atom stereocenters. The summed E-state index contributed by atoms with van der Waals surface area (Å²) in [4.78, 5) is 12.8. The van der Waals surface area contributed by atoms with Crippen LogP contribution in [0.15, 0.2) is 0 Å². The highest BCUT2D eigenvalue weighted by atomic mass is 32.2. The Morgan fingerprint density at radius 2 is 2.27 bits per heavy atom. The molecule has 0 spiro atoms. The zero-order valence-electron chi connectivity index (χ0n) is 8.82. The summed E-state index contributed by atoms with van der Waals surface area (Å²) in [6, 6.07) is -0.173. The van der Waals surface area contributed by atoms with Crippen LogP contribution in [0.2, 0.25) is 0 Å². The molecule has 1 saturated heterocycles. The zero-order valence-corrected chi connectivity index (χ0v) is 9.64. The van der Waals surface area contributed by atoms with E-state index in [9.17, 15) is 13.2 Å². The second-order valence-electron chi connectivity index (χ2n) is 3.39. The van der Waals surface area contributed by atoms with Crippen LogP contribution in [0.4, 0.5) is 4.79 Å². The van der Waals surface area contributed by atoms with Gasteiger partial charge in [0.15, 0.2) is 0 Å². The number of nitrogens with one attached hydrogen (secondary N) is 2. The lowest BCUT2D eigenvalue weighted by atomic mass is 10.3. The van der Waals surface area contributed by atoms with Gasteiger partial charge in [-0.2, -0.15) is 0 Å². The van der Waals surface area contributed by atoms with Crippen molar-refractivity contribution in [2.24, 2.45) is 0 Å². The number of carbonyl (C=O) groups excluding carboxylic acids is 1. The lowest BCUT2D eigenvalue weighted by Crippen LogP contribution is -2.48. The van der Waals surface area contributed by atoms with E-state index in [0.29, 0.717) is 19.6 Å². The van der Waals surface area contributed by atoms with Gasteiger partial charge in [-0.3, -0.25) is 0 Å². The van der Waals surface area contributed by atoms with Crippen LogP contribution in [0, 0.1) is 0 Å². The van der Waals surface area contributed by atoms with E-state index in [0.717, 1.165) is 6.42 Å². The maximum Gasteiger partial charge on any atom is 0.317 e. The average Bonchev–Trinajstić information content (AvgIpc) is 2.16. The van der Waals surface area contributed by atoms with Crippen LogP contribution < -0.4 is 10.0 Å². The third-order valence-electron chi connectivity index (χ3n) is 2.16. The fourth-order valence-electron chi connectivity index (χ4n) is 1.41. The van der Waals surface area contributed by atoms with Gasteiger partial charge in [0.2, 0.25) is 10.0 Å². The fourth-order valence-corrected chi connectivity index (χ4v) is 2.46. The van der Waals surface area contributed by atoms with Gasteiger partial charge in [0.05, 0.1) is 5.75 Å². The number of rotatable bonds is 5. The predicted octanol–water partition coefficient (Wildman–Crippen LogP) is -0.659. The molecular weight excluding hydrogens is 218 g/mol. The minimum Gasteiger partial charge on any atom is -0.338 e. The van der Waals surface area contributed by atoms with Gasteiger partial charge in [0.25, 0.3) is 0 Å². The van der Waals surface area contributed by atoms with Crippen molar-refractivity contribution in [3.63, 3.8) is 0 Å². The van der Waals surface area contributed by atoms with Crippen LogP contribution in [0.3, 0.4) is 0 Å². The molecule has 0 aromatic carbocycles. The van der Waals surface area contributed by atoms with Crippen molar-refractivity contribution in [3.05, 3.63) is 0 Å². The molecule has 0 unspecified atom stereocenters. The molecule has 1 fully saturated rings. The first kappa shape index (κ1) is 12.3. The third-order valence-corrected chi connectivity index (χ3v) is 3.61. The van der Waals surface area contributed by atoms with Crippen molar-refractivity contribution in [2.45, 2.75) is 13.3 Å². The third kappa shape index (κ3) is 4.05. The largest absolute Gasteiger partial charge is 0.338 e. The summed E-state index contributed by atoms with van der Waals surface area (Å²) >= 11 is 0. The average molecular weight is 235 g/mol. The highest BCUT2D eigenvalue weighted by Crippen LogP contribution is 1.99. The molecule has 0 radical (unpaired) electrons. The van der Waals surface area contributed by atoms with Gasteiger partial charge in [0.1, 0.15) is 0 Å². The summed E-state index contributed by atoms with van der Waals surface area (Å²) in [5, 5.41) is 2.67. The highest BCUT2D eigenvalue weighted by molar-refractivity contribution is 7.89. The van der Waals surface area contributed by atoms with Gasteiger partial charge < -0.3 is 10.2 Å². The van der Waals surface area contributed by atoms with Gasteiger partial charge >= 0.3 is 6.03 Å². The Kier molecular flexibility index (Phi) is 4.34. The molecule has 0 aromatic rings. The maximum atomic E-state index is 11.3. The van der Waals surface area contributed by atoms with Crippen molar-refractivity contribution in [3.8, 4) is 0 Å². The number of amides is 2. The second-order valence-corrected chi connectivity index (χ2v) is 5.32. The molecule has 0 bridgehead atoms. The molecule has 1 heterocycles. The van der Waals surface area contributed by atoms with Crippen LogP contribution in [0.1, 0.15) is 13.3 Å². The molecule has 0 aromatic heterocycles. The van der Waals surface area contributed by atoms with Crippen LogP contribution >= 0.6 is 0 Å². The Morgan fingerprint density at radius 1 is 1.53 bits per heavy atom. The van der Waals surface area contributed by atoms with Crippen LogP contribution in [-0.2, 0) is 10.0 Å². The Balaban J connectivity index is 2.38. The number of urea groups is 1. The van der Waals surface area contributed by atoms with E-state index in [2.05, 4.69) is 10.0 Å². The first-order valence-corrected chi connectivity index (χ1v) is 6.70. The van der Waals surface area contributed by atoms with Crippen LogP contribution in [0.25, 0.3) is 0 Å². The van der Waals surface area contributed by atoms with Crippen molar-refractivity contribution < 1.29 is 13.2 Å². The van der Waals surface area contributed by atoms with E-state index in [1.807, 2.05) is 0 Å². The lowest BCUT2D eigenvalue weighted by Gasteiger charge is -2.27. The molecule has 2 amide bonds. The molecule has 88 valence electrons. The molecular formula is C8H17N3O3S. The molecule has 1 aliphatic rings. The van der Waals surface area contributed by atoms with Gasteiger partial charge in [0, 0.05) is 26.2 Å². The Hall–Kier alpha value is -0.820. The molecule has 1 rings (SSSR count). The summed E-state index contributed by atoms with van der Waals surface area (Å²) < 4.78 is 25.0. The van der Waals surface area contributed by atoms with Gasteiger partial charge in [-0.1, -0.05) is 6.92 Å². The first-order valence-electron chi connectivity index (χ1n) is 5.05. The van der Waals surface area contributed by atoms with Crippen molar-refractivity contribution in [1.29, 1.82) is 0 Å². The number of nitrogens with zero attached hydrogens (tertiary/aromatic N) is 1. The number of carbonyl (C=O) groups is 1. The van der Waals surface area contributed by atoms with E-state index in [1.165, 1.54) is 4.90 Å². The number of sulfonamides is 1. The van der Waals surface area contributed by atoms with Crippen molar-refractivity contribution in [2.75, 3.05) is 31.9 Å². The highest BCUT2D eigenvalue weighted by Gasteiger charge is 2.19. The minimum atomic E-state index is -3.23. The molecule has 15 heavy (non-hydrogen) atoms. The zero-order chi connectivity index (χ0) is 11.3. The van der Waals surface area contributed by atoms with Crippen LogP contribution in [-0.4, -0.2) is 51.3 Å². The quantitative estimate of drug-likeness (QED) is 0.664.